The first-order valence-electron chi connectivity index (χ1n) is 7.19. The molecule has 0 unspecified atom stereocenters. The number of aromatic nitrogens is 4. The second kappa shape index (κ2) is 6.57. The molecule has 0 fully saturated rings. The van der Waals surface area contributed by atoms with E-state index < -0.39 is 17.5 Å². The van der Waals surface area contributed by atoms with Crippen LogP contribution < -0.4 is 10.6 Å². The van der Waals surface area contributed by atoms with E-state index in [0.29, 0.717) is 24.2 Å². The first-order chi connectivity index (χ1) is 11.5. The SMILES string of the molecule is Cc1cc(NCCNC(=O)c2ccc(F)cc2F)n2ncnc2n1. The number of aryl methyl sites for hydroxylation is 1. The van der Waals surface area contributed by atoms with Gasteiger partial charge >= 0.3 is 0 Å². The van der Waals surface area contributed by atoms with E-state index in [0.717, 1.165) is 17.8 Å². The van der Waals surface area contributed by atoms with Gasteiger partial charge in [-0.05, 0) is 19.1 Å². The van der Waals surface area contributed by atoms with E-state index in [4.69, 9.17) is 0 Å². The second-order valence-electron chi connectivity index (χ2n) is 5.06. The number of hydrogen-bond acceptors (Lipinski definition) is 5. The lowest BCUT2D eigenvalue weighted by molar-refractivity contribution is 0.0951. The van der Waals surface area contributed by atoms with Crippen molar-refractivity contribution < 1.29 is 13.6 Å². The summed E-state index contributed by atoms with van der Waals surface area (Å²) in [4.78, 5) is 20.1. The third-order valence-corrected chi connectivity index (χ3v) is 3.27. The summed E-state index contributed by atoms with van der Waals surface area (Å²) in [5, 5.41) is 9.71. The minimum atomic E-state index is -0.894. The Morgan fingerprint density at radius 1 is 1.25 bits per heavy atom. The summed E-state index contributed by atoms with van der Waals surface area (Å²) >= 11 is 0. The molecule has 0 saturated heterocycles. The highest BCUT2D eigenvalue weighted by molar-refractivity contribution is 5.94. The van der Waals surface area contributed by atoms with Crippen LogP contribution in [0.5, 0.6) is 0 Å². The fourth-order valence-electron chi connectivity index (χ4n) is 2.19. The largest absolute Gasteiger partial charge is 0.368 e. The maximum atomic E-state index is 13.5. The zero-order valence-electron chi connectivity index (χ0n) is 12.8. The van der Waals surface area contributed by atoms with E-state index in [1.54, 1.807) is 6.07 Å². The van der Waals surface area contributed by atoms with Crippen LogP contribution in [-0.2, 0) is 0 Å². The summed E-state index contributed by atoms with van der Waals surface area (Å²) in [6.45, 7) is 2.46. The van der Waals surface area contributed by atoms with Crippen LogP contribution in [0.3, 0.4) is 0 Å². The fraction of sp³-hybridized carbons (Fsp3) is 0.200. The van der Waals surface area contributed by atoms with Crippen LogP contribution in [0.25, 0.3) is 5.78 Å². The van der Waals surface area contributed by atoms with Gasteiger partial charge in [-0.2, -0.15) is 14.6 Å². The molecule has 0 radical (unpaired) electrons. The molecule has 9 heteroatoms. The number of hydrogen-bond donors (Lipinski definition) is 2. The lowest BCUT2D eigenvalue weighted by Gasteiger charge is -2.10. The maximum Gasteiger partial charge on any atom is 0.254 e. The Balaban J connectivity index is 1.58. The molecular weight excluding hydrogens is 318 g/mol. The van der Waals surface area contributed by atoms with Crippen LogP contribution >= 0.6 is 0 Å². The first kappa shape index (κ1) is 15.8. The molecule has 0 aliphatic rings. The highest BCUT2D eigenvalue weighted by atomic mass is 19.1. The number of benzene rings is 1. The number of rotatable bonds is 5. The molecule has 2 heterocycles. The monoisotopic (exact) mass is 332 g/mol. The zero-order chi connectivity index (χ0) is 17.1. The van der Waals surface area contributed by atoms with Crippen molar-refractivity contribution in [2.45, 2.75) is 6.92 Å². The third-order valence-electron chi connectivity index (χ3n) is 3.27. The van der Waals surface area contributed by atoms with E-state index in [9.17, 15) is 13.6 Å². The van der Waals surface area contributed by atoms with Gasteiger partial charge in [-0.3, -0.25) is 4.79 Å². The average Bonchev–Trinajstić information content (AvgIpc) is 2.99. The number of halogens is 2. The Morgan fingerprint density at radius 2 is 2.08 bits per heavy atom. The quantitative estimate of drug-likeness (QED) is 0.693. The number of carbonyl (C=O) groups excluding carboxylic acids is 1. The topological polar surface area (TPSA) is 84.2 Å². The molecule has 0 bridgehead atoms. The van der Waals surface area contributed by atoms with E-state index in [2.05, 4.69) is 25.7 Å². The fourth-order valence-corrected chi connectivity index (χ4v) is 2.19. The van der Waals surface area contributed by atoms with Crippen molar-refractivity contribution in [3.05, 3.63) is 53.5 Å². The molecule has 124 valence electrons. The highest BCUT2D eigenvalue weighted by Crippen LogP contribution is 2.10. The maximum absolute atomic E-state index is 13.5. The first-order valence-corrected chi connectivity index (χ1v) is 7.19. The van der Waals surface area contributed by atoms with Gasteiger partial charge in [0.15, 0.2) is 0 Å². The summed E-state index contributed by atoms with van der Waals surface area (Å²) < 4.78 is 27.9. The Hall–Kier alpha value is -3.10. The molecule has 0 spiro atoms. The number of amides is 1. The van der Waals surface area contributed by atoms with Crippen LogP contribution in [0.15, 0.2) is 30.6 Å². The summed E-state index contributed by atoms with van der Waals surface area (Å²) in [5.41, 5.74) is 0.574. The van der Waals surface area contributed by atoms with Crippen LogP contribution in [-0.4, -0.2) is 38.6 Å². The van der Waals surface area contributed by atoms with Crippen molar-refractivity contribution in [2.24, 2.45) is 0 Å². The van der Waals surface area contributed by atoms with E-state index >= 15 is 0 Å². The minimum Gasteiger partial charge on any atom is -0.368 e. The van der Waals surface area contributed by atoms with Crippen molar-refractivity contribution in [1.29, 1.82) is 0 Å². The van der Waals surface area contributed by atoms with Crippen LogP contribution in [0, 0.1) is 18.6 Å². The smallest absolute Gasteiger partial charge is 0.254 e. The van der Waals surface area contributed by atoms with E-state index in [1.165, 1.54) is 10.8 Å². The molecule has 0 aliphatic carbocycles. The number of anilines is 1. The van der Waals surface area contributed by atoms with E-state index in [-0.39, 0.29) is 12.1 Å². The Kier molecular flexibility index (Phi) is 4.32. The normalized spacial score (nSPS) is 10.8. The van der Waals surface area contributed by atoms with Gasteiger partial charge in [-0.1, -0.05) is 0 Å². The van der Waals surface area contributed by atoms with Gasteiger partial charge in [-0.15, -0.1) is 0 Å². The van der Waals surface area contributed by atoms with Crippen LogP contribution in [0.2, 0.25) is 0 Å². The molecule has 0 atom stereocenters. The predicted octanol–water partition coefficient (Wildman–Crippen LogP) is 1.55. The lowest BCUT2D eigenvalue weighted by atomic mass is 10.2. The summed E-state index contributed by atoms with van der Waals surface area (Å²) in [5.74, 6) is -1.08. The summed E-state index contributed by atoms with van der Waals surface area (Å²) in [6, 6.07) is 4.62. The second-order valence-corrected chi connectivity index (χ2v) is 5.06. The number of nitrogens with zero attached hydrogens (tertiary/aromatic N) is 4. The van der Waals surface area contributed by atoms with Gasteiger partial charge < -0.3 is 10.6 Å². The number of nitrogens with one attached hydrogen (secondary N) is 2. The Labute approximate surface area is 135 Å². The summed E-state index contributed by atoms with van der Waals surface area (Å²) in [6.07, 6.45) is 1.39. The van der Waals surface area contributed by atoms with Crippen molar-refractivity contribution >= 4 is 17.5 Å². The molecule has 3 aromatic rings. The van der Waals surface area contributed by atoms with Gasteiger partial charge in [0.2, 0.25) is 0 Å². The lowest BCUT2D eigenvalue weighted by Crippen LogP contribution is -2.29. The molecule has 1 aromatic carbocycles. The van der Waals surface area contributed by atoms with Gasteiger partial charge in [0.1, 0.15) is 23.8 Å². The van der Waals surface area contributed by atoms with Crippen LogP contribution in [0.1, 0.15) is 16.1 Å². The minimum absolute atomic E-state index is 0.199. The van der Waals surface area contributed by atoms with Crippen molar-refractivity contribution in [3.63, 3.8) is 0 Å². The standard InChI is InChI=1S/C15H14F2N6O/c1-9-6-13(23-15(22-9)20-8-21-23)18-4-5-19-14(24)11-3-2-10(16)7-12(11)17/h2-3,6-8,18H,4-5H2,1H3,(H,19,24). The average molecular weight is 332 g/mol. The molecule has 1 amide bonds. The zero-order valence-corrected chi connectivity index (χ0v) is 12.8. The van der Waals surface area contributed by atoms with Crippen LogP contribution in [0.4, 0.5) is 14.6 Å². The van der Waals surface area contributed by atoms with Crippen molar-refractivity contribution in [1.82, 2.24) is 24.9 Å². The molecule has 3 rings (SSSR count). The molecule has 7 nitrogen and oxygen atoms in total. The predicted molar refractivity (Wildman–Crippen MR) is 82.7 cm³/mol. The van der Waals surface area contributed by atoms with Crippen molar-refractivity contribution in [3.8, 4) is 0 Å². The molecule has 2 N–H and O–H groups in total. The molecular formula is C15H14F2N6O. The van der Waals surface area contributed by atoms with E-state index in [1.807, 2.05) is 6.92 Å². The highest BCUT2D eigenvalue weighted by Gasteiger charge is 2.12. The molecule has 0 aliphatic heterocycles. The van der Waals surface area contributed by atoms with Gasteiger partial charge in [0.25, 0.3) is 11.7 Å². The number of fused-ring (bicyclic) bond motifs is 1. The molecule has 24 heavy (non-hydrogen) atoms. The van der Waals surface area contributed by atoms with Gasteiger partial charge in [0, 0.05) is 30.9 Å². The molecule has 2 aromatic heterocycles. The Bertz CT molecular complexity index is 895. The van der Waals surface area contributed by atoms with Gasteiger partial charge in [-0.25, -0.2) is 13.8 Å². The molecule has 0 saturated carbocycles. The van der Waals surface area contributed by atoms with Gasteiger partial charge in [0.05, 0.1) is 5.56 Å². The van der Waals surface area contributed by atoms with Crippen molar-refractivity contribution in [2.75, 3.05) is 18.4 Å². The summed E-state index contributed by atoms with van der Waals surface area (Å²) in [7, 11) is 0. The number of carbonyl (C=O) groups is 1. The Morgan fingerprint density at radius 3 is 2.88 bits per heavy atom. The third kappa shape index (κ3) is 3.29.